The Kier molecular flexibility index (Phi) is 2.82. The summed E-state index contributed by atoms with van der Waals surface area (Å²) in [5.41, 5.74) is 5.08. The second-order valence-electron chi connectivity index (χ2n) is 2.78. The van der Waals surface area contributed by atoms with Crippen LogP contribution in [0.25, 0.3) is 0 Å². The molecule has 0 aromatic rings. The van der Waals surface area contributed by atoms with Crippen molar-refractivity contribution < 1.29 is 9.18 Å². The van der Waals surface area contributed by atoms with E-state index in [1.54, 1.807) is 0 Å². The van der Waals surface area contributed by atoms with Gasteiger partial charge in [0.2, 0.25) is 5.91 Å². The van der Waals surface area contributed by atoms with Gasteiger partial charge in [0.05, 0.1) is 6.54 Å². The van der Waals surface area contributed by atoms with Crippen molar-refractivity contribution in [1.82, 2.24) is 4.90 Å². The number of amides is 1. The fraction of sp³-hybridized carbons (Fsp3) is 0.857. The Balaban J connectivity index is 2.30. The summed E-state index contributed by atoms with van der Waals surface area (Å²) in [6.07, 6.45) is 0.366. The molecule has 1 unspecified atom stereocenters. The molecule has 1 rings (SSSR count). The third-order valence-corrected chi connectivity index (χ3v) is 1.85. The number of rotatable bonds is 3. The molecular formula is C7H13FN2O. The normalized spacial score (nSPS) is 20.9. The van der Waals surface area contributed by atoms with Crippen LogP contribution in [0.5, 0.6) is 0 Å². The molecule has 3 nitrogen and oxygen atoms in total. The second kappa shape index (κ2) is 3.67. The van der Waals surface area contributed by atoms with Crippen LogP contribution >= 0.6 is 0 Å². The van der Waals surface area contributed by atoms with Crippen molar-refractivity contribution in [3.05, 3.63) is 0 Å². The van der Waals surface area contributed by atoms with Crippen LogP contribution in [0, 0.1) is 0 Å². The van der Waals surface area contributed by atoms with Gasteiger partial charge in [-0.1, -0.05) is 0 Å². The lowest BCUT2D eigenvalue weighted by Crippen LogP contribution is -2.34. The predicted octanol–water partition coefficient (Wildman–Crippen LogP) is -0.0944. The van der Waals surface area contributed by atoms with E-state index in [1.807, 2.05) is 0 Å². The van der Waals surface area contributed by atoms with Gasteiger partial charge < -0.3 is 10.6 Å². The smallest absolute Gasteiger partial charge is 0.222 e. The molecule has 11 heavy (non-hydrogen) atoms. The molecule has 0 saturated carbocycles. The maximum absolute atomic E-state index is 12.6. The van der Waals surface area contributed by atoms with E-state index in [4.69, 9.17) is 5.73 Å². The fourth-order valence-corrected chi connectivity index (χ4v) is 1.21. The highest BCUT2D eigenvalue weighted by Crippen LogP contribution is 2.10. The Labute approximate surface area is 65.3 Å². The molecule has 1 fully saturated rings. The highest BCUT2D eigenvalue weighted by atomic mass is 19.1. The van der Waals surface area contributed by atoms with E-state index in [0.717, 1.165) is 6.42 Å². The lowest BCUT2D eigenvalue weighted by Gasteiger charge is -2.16. The number of carbonyl (C=O) groups excluding carboxylic acids is 1. The highest BCUT2D eigenvalue weighted by molar-refractivity contribution is 5.78. The molecule has 1 saturated heterocycles. The summed E-state index contributed by atoms with van der Waals surface area (Å²) in [6.45, 7) is 0.873. The molecule has 1 amide bonds. The zero-order chi connectivity index (χ0) is 8.27. The van der Waals surface area contributed by atoms with E-state index < -0.39 is 6.17 Å². The number of likely N-dealkylation sites (tertiary alicyclic amines) is 1. The highest BCUT2D eigenvalue weighted by Gasteiger charge is 2.22. The summed E-state index contributed by atoms with van der Waals surface area (Å²) in [6, 6.07) is 0. The summed E-state index contributed by atoms with van der Waals surface area (Å²) >= 11 is 0. The zero-order valence-corrected chi connectivity index (χ0v) is 6.42. The van der Waals surface area contributed by atoms with Crippen molar-refractivity contribution in [2.45, 2.75) is 19.0 Å². The average molecular weight is 160 g/mol. The van der Waals surface area contributed by atoms with Crippen LogP contribution in [0.15, 0.2) is 0 Å². The van der Waals surface area contributed by atoms with Gasteiger partial charge >= 0.3 is 0 Å². The molecule has 1 heterocycles. The molecule has 64 valence electrons. The van der Waals surface area contributed by atoms with Crippen molar-refractivity contribution in [2.75, 3.05) is 19.6 Å². The first-order chi connectivity index (χ1) is 5.24. The molecule has 0 aliphatic carbocycles. The molecule has 1 aliphatic heterocycles. The zero-order valence-electron chi connectivity index (χ0n) is 6.42. The van der Waals surface area contributed by atoms with Gasteiger partial charge in [0.25, 0.3) is 0 Å². The van der Waals surface area contributed by atoms with E-state index in [1.165, 1.54) is 4.90 Å². The number of nitrogens with two attached hydrogens (primary N) is 1. The number of halogens is 1. The van der Waals surface area contributed by atoms with E-state index in [0.29, 0.717) is 13.0 Å². The summed E-state index contributed by atoms with van der Waals surface area (Å²) in [4.78, 5) is 12.5. The lowest BCUT2D eigenvalue weighted by molar-refractivity contribution is -0.128. The van der Waals surface area contributed by atoms with Crippen LogP contribution in [0.2, 0.25) is 0 Å². The molecule has 0 radical (unpaired) electrons. The number of hydrogen-bond donors (Lipinski definition) is 1. The molecule has 1 atom stereocenters. The van der Waals surface area contributed by atoms with Crippen molar-refractivity contribution in [2.24, 2.45) is 5.73 Å². The molecule has 0 bridgehead atoms. The van der Waals surface area contributed by atoms with Crippen molar-refractivity contribution >= 4 is 5.91 Å². The van der Waals surface area contributed by atoms with E-state index in [9.17, 15) is 9.18 Å². The first-order valence-electron chi connectivity index (χ1n) is 3.86. The van der Waals surface area contributed by atoms with E-state index >= 15 is 0 Å². The second-order valence-corrected chi connectivity index (χ2v) is 2.78. The van der Waals surface area contributed by atoms with Gasteiger partial charge in [-0.05, 0) is 6.42 Å². The largest absolute Gasteiger partial charge is 0.340 e. The van der Waals surface area contributed by atoms with E-state index in [-0.39, 0.29) is 19.0 Å². The van der Waals surface area contributed by atoms with Crippen LogP contribution in [0.3, 0.4) is 0 Å². The lowest BCUT2D eigenvalue weighted by atomic mass is 10.3. The van der Waals surface area contributed by atoms with Crippen molar-refractivity contribution in [3.63, 3.8) is 0 Å². The minimum absolute atomic E-state index is 0.00375. The molecule has 0 aromatic carbocycles. The summed E-state index contributed by atoms with van der Waals surface area (Å²) in [5, 5.41) is 0. The van der Waals surface area contributed by atoms with Gasteiger partial charge in [-0.2, -0.15) is 0 Å². The Morgan fingerprint density at radius 2 is 2.45 bits per heavy atom. The van der Waals surface area contributed by atoms with Crippen LogP contribution < -0.4 is 5.73 Å². The number of alkyl halides is 1. The van der Waals surface area contributed by atoms with Gasteiger partial charge in [0.15, 0.2) is 0 Å². The first kappa shape index (κ1) is 8.46. The summed E-state index contributed by atoms with van der Waals surface area (Å²) < 4.78 is 12.6. The SMILES string of the molecule is NCC(F)CN1CCCC1=O. The van der Waals surface area contributed by atoms with Gasteiger partial charge in [0, 0.05) is 19.5 Å². The summed E-state index contributed by atoms with van der Waals surface area (Å²) in [5.74, 6) is 0.0566. The summed E-state index contributed by atoms with van der Waals surface area (Å²) in [7, 11) is 0. The Morgan fingerprint density at radius 1 is 1.73 bits per heavy atom. The van der Waals surface area contributed by atoms with Crippen LogP contribution in [0.1, 0.15) is 12.8 Å². The van der Waals surface area contributed by atoms with Gasteiger partial charge in [-0.25, -0.2) is 4.39 Å². The van der Waals surface area contributed by atoms with Crippen LogP contribution in [0.4, 0.5) is 4.39 Å². The number of carbonyl (C=O) groups is 1. The fourth-order valence-electron chi connectivity index (χ4n) is 1.21. The number of nitrogens with zero attached hydrogens (tertiary/aromatic N) is 1. The third kappa shape index (κ3) is 2.15. The minimum Gasteiger partial charge on any atom is -0.340 e. The Bertz CT molecular complexity index is 151. The van der Waals surface area contributed by atoms with Gasteiger partial charge in [-0.15, -0.1) is 0 Å². The monoisotopic (exact) mass is 160 g/mol. The third-order valence-electron chi connectivity index (χ3n) is 1.85. The maximum atomic E-state index is 12.6. The van der Waals surface area contributed by atoms with Gasteiger partial charge in [-0.3, -0.25) is 4.79 Å². The van der Waals surface area contributed by atoms with Crippen LogP contribution in [-0.4, -0.2) is 36.6 Å². The Morgan fingerprint density at radius 3 is 2.91 bits per heavy atom. The minimum atomic E-state index is -1.06. The van der Waals surface area contributed by atoms with Crippen molar-refractivity contribution in [3.8, 4) is 0 Å². The predicted molar refractivity (Wildman–Crippen MR) is 39.8 cm³/mol. The molecule has 0 spiro atoms. The van der Waals surface area contributed by atoms with E-state index in [2.05, 4.69) is 0 Å². The Hall–Kier alpha value is -0.640. The molecule has 2 N–H and O–H groups in total. The molecular weight excluding hydrogens is 147 g/mol. The molecule has 1 aliphatic rings. The maximum Gasteiger partial charge on any atom is 0.222 e. The topological polar surface area (TPSA) is 46.3 Å². The number of hydrogen-bond acceptors (Lipinski definition) is 2. The average Bonchev–Trinajstić information content (AvgIpc) is 2.37. The van der Waals surface area contributed by atoms with Crippen molar-refractivity contribution in [1.29, 1.82) is 0 Å². The quantitative estimate of drug-likeness (QED) is 0.627. The standard InChI is InChI=1S/C7H13FN2O/c8-6(4-9)5-10-3-1-2-7(10)11/h6H,1-5,9H2. The molecule has 0 aromatic heterocycles. The first-order valence-corrected chi connectivity index (χ1v) is 3.86. The van der Waals surface area contributed by atoms with Gasteiger partial charge in [0.1, 0.15) is 6.17 Å². The van der Waals surface area contributed by atoms with Crippen LogP contribution in [-0.2, 0) is 4.79 Å². The molecule has 4 heteroatoms.